The lowest BCUT2D eigenvalue weighted by atomic mass is 10.1. The molecule has 1 atom stereocenters. The van der Waals surface area contributed by atoms with Gasteiger partial charge >= 0.3 is 0 Å². The van der Waals surface area contributed by atoms with Gasteiger partial charge in [0.1, 0.15) is 5.92 Å². The Morgan fingerprint density at radius 2 is 2.00 bits per heavy atom. The number of H-pyrrole nitrogens is 1. The van der Waals surface area contributed by atoms with Crippen LogP contribution in [0.5, 0.6) is 0 Å². The van der Waals surface area contributed by atoms with E-state index >= 15 is 0 Å². The van der Waals surface area contributed by atoms with Gasteiger partial charge in [0.25, 0.3) is 0 Å². The number of nitrogens with zero attached hydrogens (tertiary/aromatic N) is 2. The van der Waals surface area contributed by atoms with Gasteiger partial charge in [-0.3, -0.25) is 14.7 Å². The van der Waals surface area contributed by atoms with Crippen LogP contribution in [0.4, 0.5) is 5.69 Å². The maximum absolute atomic E-state index is 12.6. The topological polar surface area (TPSA) is 78.1 Å². The molecule has 2 aromatic rings. The fourth-order valence-electron chi connectivity index (χ4n) is 3.95. The standard InChI is InChI=1S/C20H24N4O2/c25-19(16-11-12-24(20(16)26)14-7-3-1-4-8-14)21-13-18-15-9-5-2-6-10-17(15)22-23-18/h1,3-4,7-8,16H,2,5-6,9-13H2,(H,21,25)(H,22,23). The summed E-state index contributed by atoms with van der Waals surface area (Å²) in [7, 11) is 0. The number of carbonyl (C=O) groups is 2. The predicted octanol–water partition coefficient (Wildman–Crippen LogP) is 2.35. The summed E-state index contributed by atoms with van der Waals surface area (Å²) in [6, 6.07) is 9.52. The highest BCUT2D eigenvalue weighted by molar-refractivity contribution is 6.09. The number of hydrogen-bond acceptors (Lipinski definition) is 3. The first kappa shape index (κ1) is 16.8. The Hall–Kier alpha value is -2.63. The van der Waals surface area contributed by atoms with E-state index in [1.54, 1.807) is 4.90 Å². The highest BCUT2D eigenvalue weighted by Crippen LogP contribution is 2.25. The van der Waals surface area contributed by atoms with E-state index in [0.717, 1.165) is 24.2 Å². The number of carbonyl (C=O) groups excluding carboxylic acids is 2. The molecule has 6 nitrogen and oxygen atoms in total. The Bertz CT molecular complexity index is 799. The average molecular weight is 352 g/mol. The quantitative estimate of drug-likeness (QED) is 0.655. The SMILES string of the molecule is O=C(NCc1n[nH]c2c1CCCCC2)C1CCN(c2ccccc2)C1=O. The fourth-order valence-corrected chi connectivity index (χ4v) is 3.95. The van der Waals surface area contributed by atoms with E-state index in [0.29, 0.717) is 19.5 Å². The summed E-state index contributed by atoms with van der Waals surface area (Å²) in [4.78, 5) is 26.9. The number of amides is 2. The van der Waals surface area contributed by atoms with Crippen LogP contribution >= 0.6 is 0 Å². The Morgan fingerprint density at radius 3 is 2.85 bits per heavy atom. The second kappa shape index (κ2) is 7.32. The number of para-hydroxylation sites is 1. The number of nitrogens with one attached hydrogen (secondary N) is 2. The zero-order valence-electron chi connectivity index (χ0n) is 14.8. The van der Waals surface area contributed by atoms with Crippen molar-refractivity contribution >= 4 is 17.5 Å². The van der Waals surface area contributed by atoms with Gasteiger partial charge in [0, 0.05) is 17.9 Å². The van der Waals surface area contributed by atoms with Gasteiger partial charge in [0.05, 0.1) is 12.2 Å². The second-order valence-corrected chi connectivity index (χ2v) is 7.07. The summed E-state index contributed by atoms with van der Waals surface area (Å²) in [6.45, 7) is 0.971. The van der Waals surface area contributed by atoms with Gasteiger partial charge in [-0.2, -0.15) is 5.10 Å². The van der Waals surface area contributed by atoms with Crippen molar-refractivity contribution in [2.45, 2.75) is 45.1 Å². The van der Waals surface area contributed by atoms with Crippen molar-refractivity contribution < 1.29 is 9.59 Å². The molecular formula is C20H24N4O2. The van der Waals surface area contributed by atoms with E-state index < -0.39 is 5.92 Å². The lowest BCUT2D eigenvalue weighted by Gasteiger charge is -2.16. The van der Waals surface area contributed by atoms with Crippen molar-refractivity contribution in [1.82, 2.24) is 15.5 Å². The highest BCUT2D eigenvalue weighted by Gasteiger charge is 2.37. The van der Waals surface area contributed by atoms with Crippen molar-refractivity contribution in [2.24, 2.45) is 5.92 Å². The van der Waals surface area contributed by atoms with Crippen LogP contribution in [0.15, 0.2) is 30.3 Å². The van der Waals surface area contributed by atoms with Crippen LogP contribution < -0.4 is 10.2 Å². The predicted molar refractivity (Wildman–Crippen MR) is 98.6 cm³/mol. The number of anilines is 1. The average Bonchev–Trinajstić information content (AvgIpc) is 3.15. The highest BCUT2D eigenvalue weighted by atomic mass is 16.2. The lowest BCUT2D eigenvalue weighted by molar-refractivity contribution is -0.132. The minimum Gasteiger partial charge on any atom is -0.350 e. The second-order valence-electron chi connectivity index (χ2n) is 7.07. The molecule has 26 heavy (non-hydrogen) atoms. The minimum atomic E-state index is -0.604. The first-order valence-corrected chi connectivity index (χ1v) is 9.43. The molecule has 1 saturated heterocycles. The van der Waals surface area contributed by atoms with E-state index in [1.165, 1.54) is 30.5 Å². The van der Waals surface area contributed by atoms with Gasteiger partial charge in [-0.1, -0.05) is 24.6 Å². The molecule has 1 aliphatic carbocycles. The van der Waals surface area contributed by atoms with Gasteiger partial charge in [0.15, 0.2) is 0 Å². The summed E-state index contributed by atoms with van der Waals surface area (Å²) in [6.07, 6.45) is 6.19. The lowest BCUT2D eigenvalue weighted by Crippen LogP contribution is -2.36. The maximum atomic E-state index is 12.6. The summed E-state index contributed by atoms with van der Waals surface area (Å²) < 4.78 is 0. The Kier molecular flexibility index (Phi) is 4.73. The number of aryl methyl sites for hydroxylation is 1. The molecule has 1 unspecified atom stereocenters. The zero-order chi connectivity index (χ0) is 17.9. The number of aromatic amines is 1. The third-order valence-corrected chi connectivity index (χ3v) is 5.41. The summed E-state index contributed by atoms with van der Waals surface area (Å²) in [5.74, 6) is -0.916. The largest absolute Gasteiger partial charge is 0.350 e. The molecule has 1 aliphatic heterocycles. The van der Waals surface area contributed by atoms with E-state index in [2.05, 4.69) is 15.5 Å². The van der Waals surface area contributed by atoms with Gasteiger partial charge in [-0.15, -0.1) is 0 Å². The molecule has 2 aliphatic rings. The Balaban J connectivity index is 1.39. The van der Waals surface area contributed by atoms with Crippen LogP contribution in [0.25, 0.3) is 0 Å². The molecule has 1 fully saturated rings. The number of fused-ring (bicyclic) bond motifs is 1. The smallest absolute Gasteiger partial charge is 0.239 e. The van der Waals surface area contributed by atoms with Gasteiger partial charge < -0.3 is 10.2 Å². The van der Waals surface area contributed by atoms with Crippen molar-refractivity contribution in [3.63, 3.8) is 0 Å². The van der Waals surface area contributed by atoms with Crippen LogP contribution in [0.1, 0.15) is 42.6 Å². The first-order valence-electron chi connectivity index (χ1n) is 9.43. The Labute approximate surface area is 153 Å². The van der Waals surface area contributed by atoms with Gasteiger partial charge in [-0.25, -0.2) is 0 Å². The van der Waals surface area contributed by atoms with E-state index in [4.69, 9.17) is 0 Å². The van der Waals surface area contributed by atoms with Crippen molar-refractivity contribution in [1.29, 1.82) is 0 Å². The summed E-state index contributed by atoms with van der Waals surface area (Å²) >= 11 is 0. The molecule has 2 heterocycles. The normalized spacial score (nSPS) is 19.9. The number of hydrogen-bond donors (Lipinski definition) is 2. The monoisotopic (exact) mass is 352 g/mol. The molecule has 1 aromatic heterocycles. The molecule has 0 radical (unpaired) electrons. The van der Waals surface area contributed by atoms with E-state index in [9.17, 15) is 9.59 Å². The van der Waals surface area contributed by atoms with Crippen molar-refractivity contribution in [3.05, 3.63) is 47.3 Å². The van der Waals surface area contributed by atoms with Crippen LogP contribution in [0.2, 0.25) is 0 Å². The third-order valence-electron chi connectivity index (χ3n) is 5.41. The molecule has 4 rings (SSSR count). The molecule has 0 saturated carbocycles. The maximum Gasteiger partial charge on any atom is 0.239 e. The molecular weight excluding hydrogens is 328 g/mol. The fraction of sp³-hybridized carbons (Fsp3) is 0.450. The number of rotatable bonds is 4. The van der Waals surface area contributed by atoms with E-state index in [-0.39, 0.29) is 11.8 Å². The van der Waals surface area contributed by atoms with Crippen molar-refractivity contribution in [3.8, 4) is 0 Å². The molecule has 0 spiro atoms. The van der Waals surface area contributed by atoms with Crippen LogP contribution in [-0.4, -0.2) is 28.6 Å². The van der Waals surface area contributed by atoms with Crippen LogP contribution in [0.3, 0.4) is 0 Å². The van der Waals surface area contributed by atoms with Gasteiger partial charge in [0.2, 0.25) is 11.8 Å². The van der Waals surface area contributed by atoms with Crippen molar-refractivity contribution in [2.75, 3.05) is 11.4 Å². The Morgan fingerprint density at radius 1 is 1.19 bits per heavy atom. The molecule has 1 aromatic carbocycles. The molecule has 6 heteroatoms. The van der Waals surface area contributed by atoms with E-state index in [1.807, 2.05) is 30.3 Å². The molecule has 2 amide bonds. The molecule has 136 valence electrons. The summed E-state index contributed by atoms with van der Waals surface area (Å²) in [5.41, 5.74) is 4.23. The number of aromatic nitrogens is 2. The molecule has 2 N–H and O–H groups in total. The van der Waals surface area contributed by atoms with Gasteiger partial charge in [-0.05, 0) is 49.8 Å². The van der Waals surface area contributed by atoms with Crippen LogP contribution in [-0.2, 0) is 29.0 Å². The minimum absolute atomic E-state index is 0.116. The summed E-state index contributed by atoms with van der Waals surface area (Å²) in [5, 5.41) is 10.4. The third kappa shape index (κ3) is 3.23. The zero-order valence-corrected chi connectivity index (χ0v) is 14.8. The first-order chi connectivity index (χ1) is 12.7. The number of benzene rings is 1. The van der Waals surface area contributed by atoms with Crippen LogP contribution in [0, 0.1) is 5.92 Å². The molecule has 0 bridgehead atoms.